The molecule has 1 heterocycles. The molecule has 6 nitrogen and oxygen atoms in total. The summed E-state index contributed by atoms with van der Waals surface area (Å²) < 4.78 is 5.04. The third-order valence-electron chi connectivity index (χ3n) is 3.07. The maximum Gasteiger partial charge on any atom is 0.261 e. The van der Waals surface area contributed by atoms with Gasteiger partial charge in [-0.05, 0) is 30.3 Å². The van der Waals surface area contributed by atoms with Crippen LogP contribution in [0.4, 0.5) is 5.95 Å². The number of fused-ring (bicyclic) bond motifs is 1. The Morgan fingerprint density at radius 2 is 2.10 bits per heavy atom. The zero-order chi connectivity index (χ0) is 14.8. The van der Waals surface area contributed by atoms with E-state index >= 15 is 0 Å². The summed E-state index contributed by atoms with van der Waals surface area (Å²) in [6, 6.07) is 11.9. The van der Waals surface area contributed by atoms with Crippen LogP contribution in [0.25, 0.3) is 11.0 Å². The van der Waals surface area contributed by atoms with Gasteiger partial charge in [-0.1, -0.05) is 12.1 Å². The molecule has 0 atom stereocenters. The average molecular weight is 283 g/mol. The van der Waals surface area contributed by atoms with Gasteiger partial charge in [-0.3, -0.25) is 10.1 Å². The highest BCUT2D eigenvalue weighted by molar-refractivity contribution is 6.06. The number of methoxy groups -OCH3 is 1. The van der Waals surface area contributed by atoms with Gasteiger partial charge in [0, 0.05) is 0 Å². The molecule has 1 amide bonds. The Kier molecular flexibility index (Phi) is 3.19. The summed E-state index contributed by atoms with van der Waals surface area (Å²) in [7, 11) is 1.49. The fourth-order valence-electron chi connectivity index (χ4n) is 2.01. The van der Waals surface area contributed by atoms with E-state index in [-0.39, 0.29) is 11.3 Å². The third kappa shape index (κ3) is 2.51. The van der Waals surface area contributed by atoms with Crippen LogP contribution in [-0.2, 0) is 0 Å². The summed E-state index contributed by atoms with van der Waals surface area (Å²) >= 11 is 0. The van der Waals surface area contributed by atoms with Gasteiger partial charge in [0.15, 0.2) is 0 Å². The quantitative estimate of drug-likeness (QED) is 0.689. The van der Waals surface area contributed by atoms with Crippen molar-refractivity contribution >= 4 is 22.9 Å². The zero-order valence-corrected chi connectivity index (χ0v) is 11.3. The van der Waals surface area contributed by atoms with E-state index in [1.54, 1.807) is 6.07 Å². The van der Waals surface area contributed by atoms with Crippen LogP contribution in [0.2, 0.25) is 0 Å². The highest BCUT2D eigenvalue weighted by atomic mass is 16.5. The van der Waals surface area contributed by atoms with Gasteiger partial charge in [0.05, 0.1) is 23.7 Å². The van der Waals surface area contributed by atoms with E-state index < -0.39 is 5.91 Å². The predicted molar refractivity (Wildman–Crippen MR) is 78.7 cm³/mol. The number of H-pyrrole nitrogens is 1. The summed E-state index contributed by atoms with van der Waals surface area (Å²) in [5.74, 6) is 0.223. The molecule has 6 heteroatoms. The number of imidazole rings is 1. The lowest BCUT2D eigenvalue weighted by Crippen LogP contribution is -2.13. The van der Waals surface area contributed by atoms with Gasteiger partial charge in [-0.25, -0.2) is 4.98 Å². The lowest BCUT2D eigenvalue weighted by molar-refractivity contribution is 0.102. The van der Waals surface area contributed by atoms with Crippen LogP contribution in [0.1, 0.15) is 10.4 Å². The number of aromatic nitrogens is 2. The normalized spacial score (nSPS) is 10.5. The van der Waals surface area contributed by atoms with Crippen molar-refractivity contribution in [1.29, 1.82) is 0 Å². The minimum absolute atomic E-state index is 0.120. The van der Waals surface area contributed by atoms with Crippen molar-refractivity contribution in [2.24, 2.45) is 0 Å². The first-order chi connectivity index (χ1) is 10.2. The number of hydrogen-bond acceptors (Lipinski definition) is 4. The van der Waals surface area contributed by atoms with Gasteiger partial charge < -0.3 is 14.8 Å². The smallest absolute Gasteiger partial charge is 0.261 e. The molecular weight excluding hydrogens is 270 g/mol. The molecule has 0 aliphatic heterocycles. The molecule has 0 bridgehead atoms. The van der Waals surface area contributed by atoms with Gasteiger partial charge in [0.25, 0.3) is 5.91 Å². The number of aromatic hydroxyl groups is 1. The summed E-state index contributed by atoms with van der Waals surface area (Å²) in [5.41, 5.74) is 1.69. The number of nitrogens with zero attached hydrogens (tertiary/aromatic N) is 1. The van der Waals surface area contributed by atoms with Crippen LogP contribution in [0.5, 0.6) is 11.5 Å². The number of ether oxygens (including phenoxy) is 1. The maximum atomic E-state index is 12.2. The molecule has 2 aromatic carbocycles. The number of phenolic OH excluding ortho intramolecular Hbond substituents is 1. The number of hydrogen-bond donors (Lipinski definition) is 3. The topological polar surface area (TPSA) is 87.2 Å². The second kappa shape index (κ2) is 5.16. The van der Waals surface area contributed by atoms with Gasteiger partial charge in [-0.2, -0.15) is 0 Å². The molecule has 21 heavy (non-hydrogen) atoms. The molecule has 0 unspecified atom stereocenters. The molecule has 0 saturated carbocycles. The number of nitrogens with one attached hydrogen (secondary N) is 2. The second-order valence-electron chi connectivity index (χ2n) is 4.44. The molecule has 0 spiro atoms. The fourth-order valence-corrected chi connectivity index (χ4v) is 2.01. The molecule has 0 fully saturated rings. The Hall–Kier alpha value is -3.02. The van der Waals surface area contributed by atoms with E-state index in [9.17, 15) is 9.90 Å². The van der Waals surface area contributed by atoms with Crippen molar-refractivity contribution in [3.8, 4) is 11.5 Å². The Balaban J connectivity index is 1.89. The standard InChI is InChI=1S/C15H13N3O3/c1-21-9-6-7-13(19)10(8-9)14(20)18-15-16-11-4-2-3-5-12(11)17-15/h2-8,19H,1H3,(H2,16,17,18,20). The minimum atomic E-state index is -0.467. The first-order valence-electron chi connectivity index (χ1n) is 6.30. The van der Waals surface area contributed by atoms with Crippen molar-refractivity contribution in [3.05, 3.63) is 48.0 Å². The highest BCUT2D eigenvalue weighted by Crippen LogP contribution is 2.24. The molecule has 3 rings (SSSR count). The first-order valence-corrected chi connectivity index (χ1v) is 6.30. The molecule has 0 saturated heterocycles. The van der Waals surface area contributed by atoms with Gasteiger partial charge in [0.2, 0.25) is 5.95 Å². The van der Waals surface area contributed by atoms with Crippen LogP contribution in [0, 0.1) is 0 Å². The zero-order valence-electron chi connectivity index (χ0n) is 11.3. The van der Waals surface area contributed by atoms with Crippen molar-refractivity contribution in [1.82, 2.24) is 9.97 Å². The van der Waals surface area contributed by atoms with E-state index in [1.165, 1.54) is 19.2 Å². The van der Waals surface area contributed by atoms with Crippen LogP contribution in [-0.4, -0.2) is 28.1 Å². The number of carbonyl (C=O) groups excluding carboxylic acids is 1. The maximum absolute atomic E-state index is 12.2. The Bertz CT molecular complexity index is 778. The van der Waals surface area contributed by atoms with Crippen LogP contribution < -0.4 is 10.1 Å². The van der Waals surface area contributed by atoms with E-state index in [0.29, 0.717) is 11.7 Å². The molecule has 3 N–H and O–H groups in total. The van der Waals surface area contributed by atoms with Crippen LogP contribution in [0.15, 0.2) is 42.5 Å². The number of aromatic amines is 1. The third-order valence-corrected chi connectivity index (χ3v) is 3.07. The van der Waals surface area contributed by atoms with E-state index in [2.05, 4.69) is 15.3 Å². The number of benzene rings is 2. The van der Waals surface area contributed by atoms with Crippen molar-refractivity contribution in [2.75, 3.05) is 12.4 Å². The number of phenols is 1. The predicted octanol–water partition coefficient (Wildman–Crippen LogP) is 2.53. The van der Waals surface area contributed by atoms with Crippen molar-refractivity contribution in [2.45, 2.75) is 0 Å². The second-order valence-corrected chi connectivity index (χ2v) is 4.44. The van der Waals surface area contributed by atoms with Gasteiger partial charge >= 0.3 is 0 Å². The number of para-hydroxylation sites is 2. The Labute approximate surface area is 120 Å². The largest absolute Gasteiger partial charge is 0.507 e. The molecule has 106 valence electrons. The molecule has 0 aliphatic carbocycles. The summed E-state index contributed by atoms with van der Waals surface area (Å²) in [4.78, 5) is 19.4. The van der Waals surface area contributed by atoms with Gasteiger partial charge in [0.1, 0.15) is 11.5 Å². The Morgan fingerprint density at radius 3 is 2.86 bits per heavy atom. The minimum Gasteiger partial charge on any atom is -0.507 e. The van der Waals surface area contributed by atoms with Crippen molar-refractivity contribution in [3.63, 3.8) is 0 Å². The number of anilines is 1. The Morgan fingerprint density at radius 1 is 1.29 bits per heavy atom. The summed E-state index contributed by atoms with van der Waals surface area (Å²) in [6.45, 7) is 0. The average Bonchev–Trinajstić information content (AvgIpc) is 2.89. The molecule has 1 aromatic heterocycles. The number of amides is 1. The van der Waals surface area contributed by atoms with Crippen LogP contribution >= 0.6 is 0 Å². The summed E-state index contributed by atoms with van der Waals surface area (Å²) in [5, 5.41) is 12.4. The lowest BCUT2D eigenvalue weighted by atomic mass is 10.2. The number of rotatable bonds is 3. The summed E-state index contributed by atoms with van der Waals surface area (Å²) in [6.07, 6.45) is 0. The van der Waals surface area contributed by atoms with Crippen molar-refractivity contribution < 1.29 is 14.6 Å². The molecule has 0 aliphatic rings. The van der Waals surface area contributed by atoms with Crippen LogP contribution in [0.3, 0.4) is 0 Å². The van der Waals surface area contributed by atoms with Gasteiger partial charge in [-0.15, -0.1) is 0 Å². The monoisotopic (exact) mass is 283 g/mol. The first kappa shape index (κ1) is 13.0. The SMILES string of the molecule is COc1ccc(O)c(C(=O)Nc2nc3ccccc3[nH]2)c1. The molecular formula is C15H13N3O3. The lowest BCUT2D eigenvalue weighted by Gasteiger charge is -2.06. The van der Waals surface area contributed by atoms with E-state index in [4.69, 9.17) is 4.74 Å². The number of carbonyl (C=O) groups is 1. The van der Waals surface area contributed by atoms with E-state index in [0.717, 1.165) is 11.0 Å². The molecule has 3 aromatic rings. The highest BCUT2D eigenvalue weighted by Gasteiger charge is 2.14. The van der Waals surface area contributed by atoms with E-state index in [1.807, 2.05) is 24.3 Å². The fraction of sp³-hybridized carbons (Fsp3) is 0.0667. The molecule has 0 radical (unpaired) electrons.